The molecule has 2 atom stereocenters. The second-order valence-corrected chi connectivity index (χ2v) is 6.82. The number of rotatable bonds is 1. The first-order valence-corrected chi connectivity index (χ1v) is 6.74. The summed E-state index contributed by atoms with van der Waals surface area (Å²) in [5.41, 5.74) is 2.38. The summed E-state index contributed by atoms with van der Waals surface area (Å²) in [7, 11) is 0. The lowest BCUT2D eigenvalue weighted by Gasteiger charge is -2.36. The number of nitrogens with one attached hydrogen (secondary N) is 1. The normalized spacial score (nSPS) is 37.4. The lowest BCUT2D eigenvalue weighted by molar-refractivity contribution is 0.274. The summed E-state index contributed by atoms with van der Waals surface area (Å²) < 4.78 is 0. The number of hydrogen-bond acceptors (Lipinski definition) is 2. The van der Waals surface area contributed by atoms with Crippen LogP contribution in [0, 0.1) is 11.3 Å². The van der Waals surface area contributed by atoms with Crippen molar-refractivity contribution >= 4 is 11.3 Å². The van der Waals surface area contributed by atoms with E-state index in [9.17, 15) is 0 Å². The van der Waals surface area contributed by atoms with Crippen molar-refractivity contribution in [1.82, 2.24) is 5.32 Å². The summed E-state index contributed by atoms with van der Waals surface area (Å²) in [4.78, 5) is 1.60. The van der Waals surface area contributed by atoms with Gasteiger partial charge in [0.25, 0.3) is 0 Å². The molecule has 1 fully saturated rings. The number of thiophene rings is 1. The topological polar surface area (TPSA) is 12.0 Å². The van der Waals surface area contributed by atoms with Crippen LogP contribution in [0.1, 0.15) is 37.6 Å². The summed E-state index contributed by atoms with van der Waals surface area (Å²) in [5, 5.41) is 6.02. The van der Waals surface area contributed by atoms with Crippen molar-refractivity contribution in [3.05, 3.63) is 21.9 Å². The molecule has 0 aromatic carbocycles. The van der Waals surface area contributed by atoms with Crippen LogP contribution in [0.4, 0.5) is 0 Å². The van der Waals surface area contributed by atoms with Crippen LogP contribution in [-0.4, -0.2) is 6.54 Å². The third-order valence-electron chi connectivity index (χ3n) is 4.32. The monoisotopic (exact) mass is 221 g/mol. The van der Waals surface area contributed by atoms with Gasteiger partial charge >= 0.3 is 0 Å². The van der Waals surface area contributed by atoms with Crippen LogP contribution in [0.5, 0.6) is 0 Å². The smallest absolute Gasteiger partial charge is 0.0536 e. The SMILES string of the molecule is CC1(C)CC1C1(C)NCCc2ccsc21. The fraction of sp³-hybridized carbons (Fsp3) is 0.692. The average Bonchev–Trinajstić information content (AvgIpc) is 2.65. The molecule has 1 aliphatic heterocycles. The first kappa shape index (κ1) is 9.86. The van der Waals surface area contributed by atoms with E-state index in [-0.39, 0.29) is 5.54 Å². The molecule has 0 bridgehead atoms. The first-order valence-electron chi connectivity index (χ1n) is 5.86. The highest BCUT2D eigenvalue weighted by atomic mass is 32.1. The molecular weight excluding hydrogens is 202 g/mol. The van der Waals surface area contributed by atoms with Crippen molar-refractivity contribution in [1.29, 1.82) is 0 Å². The van der Waals surface area contributed by atoms with Crippen molar-refractivity contribution in [3.63, 3.8) is 0 Å². The van der Waals surface area contributed by atoms with E-state index >= 15 is 0 Å². The van der Waals surface area contributed by atoms with Crippen LogP contribution in [0.15, 0.2) is 11.4 Å². The molecule has 0 spiro atoms. The molecule has 2 aliphatic rings. The fourth-order valence-electron chi connectivity index (χ4n) is 3.26. The van der Waals surface area contributed by atoms with Gasteiger partial charge in [-0.1, -0.05) is 13.8 Å². The molecule has 3 rings (SSSR count). The van der Waals surface area contributed by atoms with Crippen LogP contribution >= 0.6 is 11.3 Å². The Morgan fingerprint density at radius 2 is 2.13 bits per heavy atom. The number of fused-ring (bicyclic) bond motifs is 1. The number of hydrogen-bond donors (Lipinski definition) is 1. The molecule has 0 radical (unpaired) electrons. The van der Waals surface area contributed by atoms with E-state index in [1.807, 2.05) is 11.3 Å². The minimum Gasteiger partial charge on any atom is -0.306 e. The van der Waals surface area contributed by atoms with Gasteiger partial charge < -0.3 is 5.32 Å². The molecule has 1 aliphatic carbocycles. The maximum absolute atomic E-state index is 3.77. The van der Waals surface area contributed by atoms with Crippen molar-refractivity contribution in [3.8, 4) is 0 Å². The molecule has 1 aromatic rings. The maximum Gasteiger partial charge on any atom is 0.0536 e. The van der Waals surface area contributed by atoms with Gasteiger partial charge in [-0.2, -0.15) is 0 Å². The molecule has 1 saturated carbocycles. The zero-order valence-electron chi connectivity index (χ0n) is 9.76. The first-order chi connectivity index (χ1) is 7.04. The molecule has 2 unspecified atom stereocenters. The van der Waals surface area contributed by atoms with Crippen LogP contribution in [0.3, 0.4) is 0 Å². The van der Waals surface area contributed by atoms with Gasteiger partial charge in [0.15, 0.2) is 0 Å². The summed E-state index contributed by atoms with van der Waals surface area (Å²) in [6.45, 7) is 8.34. The van der Waals surface area contributed by atoms with E-state index in [4.69, 9.17) is 0 Å². The molecule has 2 heteroatoms. The van der Waals surface area contributed by atoms with Gasteiger partial charge in [0, 0.05) is 11.4 Å². The predicted octanol–water partition coefficient (Wildman–Crippen LogP) is 3.16. The molecule has 0 saturated heterocycles. The van der Waals surface area contributed by atoms with E-state index in [0.717, 1.165) is 12.5 Å². The Morgan fingerprint density at radius 3 is 2.80 bits per heavy atom. The van der Waals surface area contributed by atoms with E-state index in [0.29, 0.717) is 5.41 Å². The third kappa shape index (κ3) is 1.31. The molecular formula is C13H19NS. The second kappa shape index (κ2) is 2.86. The molecule has 82 valence electrons. The molecule has 2 heterocycles. The summed E-state index contributed by atoms with van der Waals surface area (Å²) in [6, 6.07) is 2.31. The predicted molar refractivity (Wildman–Crippen MR) is 65.3 cm³/mol. The van der Waals surface area contributed by atoms with E-state index < -0.39 is 0 Å². The Kier molecular flexibility index (Phi) is 1.88. The highest BCUT2D eigenvalue weighted by Gasteiger charge is 2.57. The maximum atomic E-state index is 3.77. The van der Waals surface area contributed by atoms with Crippen LogP contribution in [0.25, 0.3) is 0 Å². The molecule has 0 amide bonds. The quantitative estimate of drug-likeness (QED) is 0.768. The largest absolute Gasteiger partial charge is 0.306 e. The average molecular weight is 221 g/mol. The Bertz CT molecular complexity index is 393. The van der Waals surface area contributed by atoms with Crippen LogP contribution in [0.2, 0.25) is 0 Å². The van der Waals surface area contributed by atoms with Gasteiger partial charge in [-0.15, -0.1) is 11.3 Å². The standard InChI is InChI=1S/C13H19NS/c1-12(2)8-10(12)13(3)11-9(4-6-14-13)5-7-15-11/h5,7,10,14H,4,6,8H2,1-3H3. The van der Waals surface area contributed by atoms with Gasteiger partial charge in [-0.25, -0.2) is 0 Å². The van der Waals surface area contributed by atoms with Gasteiger partial charge in [0.2, 0.25) is 0 Å². The summed E-state index contributed by atoms with van der Waals surface area (Å²) in [6.07, 6.45) is 2.58. The van der Waals surface area contributed by atoms with Gasteiger partial charge in [0.1, 0.15) is 0 Å². The second-order valence-electron chi connectivity index (χ2n) is 5.90. The van der Waals surface area contributed by atoms with Crippen molar-refractivity contribution in [2.75, 3.05) is 6.54 Å². The van der Waals surface area contributed by atoms with E-state index in [1.165, 1.54) is 12.8 Å². The highest BCUT2D eigenvalue weighted by Crippen LogP contribution is 2.61. The van der Waals surface area contributed by atoms with Crippen LogP contribution < -0.4 is 5.32 Å². The van der Waals surface area contributed by atoms with Gasteiger partial charge in [-0.05, 0) is 48.1 Å². The van der Waals surface area contributed by atoms with Crippen molar-refractivity contribution < 1.29 is 0 Å². The van der Waals surface area contributed by atoms with E-state index in [2.05, 4.69) is 37.5 Å². The Balaban J connectivity index is 2.01. The summed E-state index contributed by atoms with van der Waals surface area (Å²) >= 11 is 1.94. The molecule has 1 N–H and O–H groups in total. The fourth-order valence-corrected chi connectivity index (χ4v) is 4.41. The minimum absolute atomic E-state index is 0.255. The van der Waals surface area contributed by atoms with E-state index in [1.54, 1.807) is 10.4 Å². The van der Waals surface area contributed by atoms with Crippen molar-refractivity contribution in [2.24, 2.45) is 11.3 Å². The Labute approximate surface area is 95.9 Å². The zero-order valence-corrected chi connectivity index (χ0v) is 10.6. The summed E-state index contributed by atoms with van der Waals surface area (Å²) in [5.74, 6) is 0.822. The van der Waals surface area contributed by atoms with Crippen molar-refractivity contribution in [2.45, 2.75) is 39.2 Å². The van der Waals surface area contributed by atoms with Gasteiger partial charge in [0.05, 0.1) is 5.54 Å². The van der Waals surface area contributed by atoms with Gasteiger partial charge in [-0.3, -0.25) is 0 Å². The minimum atomic E-state index is 0.255. The Morgan fingerprint density at radius 1 is 1.40 bits per heavy atom. The Hall–Kier alpha value is -0.340. The third-order valence-corrected chi connectivity index (χ3v) is 5.51. The lowest BCUT2D eigenvalue weighted by atomic mass is 9.84. The van der Waals surface area contributed by atoms with Crippen LogP contribution in [-0.2, 0) is 12.0 Å². The molecule has 15 heavy (non-hydrogen) atoms. The lowest BCUT2D eigenvalue weighted by Crippen LogP contribution is -2.46. The molecule has 1 nitrogen and oxygen atoms in total. The zero-order chi connectivity index (χ0) is 10.7. The highest BCUT2D eigenvalue weighted by molar-refractivity contribution is 7.10. The molecule has 1 aromatic heterocycles.